The van der Waals surface area contributed by atoms with E-state index in [-0.39, 0.29) is 5.41 Å². The van der Waals surface area contributed by atoms with Crippen molar-refractivity contribution in [3.63, 3.8) is 0 Å². The predicted molar refractivity (Wildman–Crippen MR) is 85.0 cm³/mol. The van der Waals surface area contributed by atoms with Gasteiger partial charge in [0, 0.05) is 5.41 Å². The second-order valence-electron chi connectivity index (χ2n) is 6.68. The van der Waals surface area contributed by atoms with E-state index >= 15 is 0 Å². The van der Waals surface area contributed by atoms with Crippen LogP contribution in [0.5, 0.6) is 0 Å². The monoisotopic (exact) mass is 271 g/mol. The number of nitrogens with zero attached hydrogens (tertiary/aromatic N) is 2. The maximum absolute atomic E-state index is 6.35. The summed E-state index contributed by atoms with van der Waals surface area (Å²) in [5, 5.41) is 0. The summed E-state index contributed by atoms with van der Waals surface area (Å²) in [5.41, 5.74) is 8.59. The Hall–Kier alpha value is -1.77. The van der Waals surface area contributed by atoms with E-state index in [9.17, 15) is 0 Å². The zero-order valence-electron chi connectivity index (χ0n) is 13.1. The van der Waals surface area contributed by atoms with Crippen LogP contribution in [-0.4, -0.2) is 9.55 Å². The van der Waals surface area contributed by atoms with Gasteiger partial charge >= 0.3 is 0 Å². The summed E-state index contributed by atoms with van der Waals surface area (Å²) >= 11 is 0. The highest BCUT2D eigenvalue weighted by Crippen LogP contribution is 2.30. The van der Waals surface area contributed by atoms with Crippen molar-refractivity contribution in [3.05, 3.63) is 47.4 Å². The summed E-state index contributed by atoms with van der Waals surface area (Å²) in [5.74, 6) is 2.20. The Bertz CT molecular complexity index is 574. The molecule has 0 aliphatic heterocycles. The van der Waals surface area contributed by atoms with Gasteiger partial charge < -0.3 is 10.3 Å². The second kappa shape index (κ2) is 5.31. The zero-order chi connectivity index (χ0) is 14.9. The van der Waals surface area contributed by atoms with E-state index in [1.807, 2.05) is 6.07 Å². The fourth-order valence-electron chi connectivity index (χ4n) is 2.41. The van der Waals surface area contributed by atoms with Crippen LogP contribution in [0.15, 0.2) is 30.3 Å². The third-order valence-electron chi connectivity index (χ3n) is 3.44. The van der Waals surface area contributed by atoms with Crippen molar-refractivity contribution in [1.82, 2.24) is 9.55 Å². The number of hydrogen-bond acceptors (Lipinski definition) is 2. The van der Waals surface area contributed by atoms with Gasteiger partial charge in [-0.3, -0.25) is 0 Å². The molecular formula is C17H25N3. The van der Waals surface area contributed by atoms with Crippen LogP contribution in [-0.2, 0) is 12.0 Å². The lowest BCUT2D eigenvalue weighted by atomic mass is 9.95. The summed E-state index contributed by atoms with van der Waals surface area (Å²) in [6.45, 7) is 11.6. The number of hydrogen-bond donors (Lipinski definition) is 1. The minimum absolute atomic E-state index is 0.0178. The number of nitrogen functional groups attached to an aromatic ring is 1. The van der Waals surface area contributed by atoms with Gasteiger partial charge in [-0.2, -0.15) is 0 Å². The van der Waals surface area contributed by atoms with Crippen LogP contribution < -0.4 is 5.73 Å². The number of nitrogens with two attached hydrogens (primary N) is 1. The third kappa shape index (κ3) is 2.87. The summed E-state index contributed by atoms with van der Waals surface area (Å²) in [7, 11) is 0. The molecule has 0 radical (unpaired) electrons. The van der Waals surface area contributed by atoms with Gasteiger partial charge in [0.05, 0.1) is 12.2 Å². The van der Waals surface area contributed by atoms with Crippen LogP contribution in [0.1, 0.15) is 57.6 Å². The zero-order valence-corrected chi connectivity index (χ0v) is 13.1. The van der Waals surface area contributed by atoms with E-state index in [1.165, 1.54) is 5.56 Å². The van der Waals surface area contributed by atoms with E-state index in [4.69, 9.17) is 10.7 Å². The molecule has 0 atom stereocenters. The number of rotatable bonds is 3. The van der Waals surface area contributed by atoms with Crippen LogP contribution in [0.3, 0.4) is 0 Å². The van der Waals surface area contributed by atoms with Gasteiger partial charge in [-0.25, -0.2) is 4.98 Å². The molecule has 1 heterocycles. The molecule has 108 valence electrons. The molecule has 2 N–H and O–H groups in total. The molecular weight excluding hydrogens is 246 g/mol. The van der Waals surface area contributed by atoms with Crippen LogP contribution in [0, 0.1) is 0 Å². The molecule has 1 aromatic carbocycles. The average molecular weight is 271 g/mol. The summed E-state index contributed by atoms with van der Waals surface area (Å²) in [6.07, 6.45) is 0. The highest BCUT2D eigenvalue weighted by Gasteiger charge is 2.25. The van der Waals surface area contributed by atoms with Gasteiger partial charge in [0.1, 0.15) is 11.6 Å². The Morgan fingerprint density at radius 1 is 1.15 bits per heavy atom. The Labute approximate surface area is 121 Å². The maximum atomic E-state index is 6.35. The second-order valence-corrected chi connectivity index (χ2v) is 6.68. The predicted octanol–water partition coefficient (Wildman–Crippen LogP) is 3.93. The van der Waals surface area contributed by atoms with Gasteiger partial charge in [0.25, 0.3) is 0 Å². The topological polar surface area (TPSA) is 43.8 Å². The fourth-order valence-corrected chi connectivity index (χ4v) is 2.41. The lowest BCUT2D eigenvalue weighted by Gasteiger charge is -2.20. The molecule has 0 unspecified atom stereocenters. The van der Waals surface area contributed by atoms with E-state index in [2.05, 4.69) is 63.5 Å². The van der Waals surface area contributed by atoms with Crippen LogP contribution in [0.4, 0.5) is 5.82 Å². The molecule has 3 nitrogen and oxygen atoms in total. The maximum Gasteiger partial charge on any atom is 0.127 e. The summed E-state index contributed by atoms with van der Waals surface area (Å²) in [4.78, 5) is 4.81. The molecule has 3 heteroatoms. The Morgan fingerprint density at radius 2 is 1.75 bits per heavy atom. The Balaban J connectivity index is 2.50. The quantitative estimate of drug-likeness (QED) is 0.919. The molecule has 0 saturated heterocycles. The fraction of sp³-hybridized carbons (Fsp3) is 0.471. The van der Waals surface area contributed by atoms with Gasteiger partial charge in [-0.05, 0) is 11.5 Å². The van der Waals surface area contributed by atoms with Crippen molar-refractivity contribution in [2.45, 2.75) is 52.5 Å². The first kappa shape index (κ1) is 14.6. The van der Waals surface area contributed by atoms with Gasteiger partial charge in [-0.15, -0.1) is 0 Å². The van der Waals surface area contributed by atoms with Crippen LogP contribution in [0.25, 0.3) is 0 Å². The van der Waals surface area contributed by atoms with E-state index in [1.54, 1.807) is 0 Å². The molecule has 0 aliphatic rings. The first-order valence-corrected chi connectivity index (χ1v) is 7.21. The van der Waals surface area contributed by atoms with Gasteiger partial charge in [0.2, 0.25) is 0 Å². The van der Waals surface area contributed by atoms with E-state index in [0.29, 0.717) is 5.92 Å². The summed E-state index contributed by atoms with van der Waals surface area (Å²) in [6, 6.07) is 10.4. The SMILES string of the molecule is CC(C)c1nc(C(C)(C)C)n(Cc2ccccc2)c1N. The van der Waals surface area contributed by atoms with E-state index in [0.717, 1.165) is 23.9 Å². The first-order valence-electron chi connectivity index (χ1n) is 7.21. The first-order chi connectivity index (χ1) is 9.30. The van der Waals surface area contributed by atoms with Crippen molar-refractivity contribution in [3.8, 4) is 0 Å². The number of imidazole rings is 1. The average Bonchev–Trinajstić information content (AvgIpc) is 2.68. The molecule has 0 amide bonds. The normalized spacial score (nSPS) is 12.1. The Kier molecular flexibility index (Phi) is 3.89. The molecule has 20 heavy (non-hydrogen) atoms. The van der Waals surface area contributed by atoms with Gasteiger partial charge in [-0.1, -0.05) is 65.0 Å². The highest BCUT2D eigenvalue weighted by molar-refractivity contribution is 5.42. The molecule has 0 fully saturated rings. The minimum atomic E-state index is -0.0178. The molecule has 0 aliphatic carbocycles. The van der Waals surface area contributed by atoms with Crippen LogP contribution >= 0.6 is 0 Å². The van der Waals surface area contributed by atoms with Crippen molar-refractivity contribution in [2.75, 3.05) is 5.73 Å². The number of aromatic nitrogens is 2. The Morgan fingerprint density at radius 3 is 2.25 bits per heavy atom. The minimum Gasteiger partial charge on any atom is -0.384 e. The molecule has 2 rings (SSSR count). The number of benzene rings is 1. The van der Waals surface area contributed by atoms with Crippen molar-refractivity contribution < 1.29 is 0 Å². The van der Waals surface area contributed by atoms with Gasteiger partial charge in [0.15, 0.2) is 0 Å². The summed E-state index contributed by atoms with van der Waals surface area (Å²) < 4.78 is 2.16. The highest BCUT2D eigenvalue weighted by atomic mass is 15.2. The largest absolute Gasteiger partial charge is 0.384 e. The van der Waals surface area contributed by atoms with E-state index < -0.39 is 0 Å². The third-order valence-corrected chi connectivity index (χ3v) is 3.44. The molecule has 2 aromatic rings. The molecule has 0 bridgehead atoms. The molecule has 0 spiro atoms. The molecule has 0 saturated carbocycles. The smallest absolute Gasteiger partial charge is 0.127 e. The van der Waals surface area contributed by atoms with Crippen molar-refractivity contribution >= 4 is 5.82 Å². The van der Waals surface area contributed by atoms with Crippen LogP contribution in [0.2, 0.25) is 0 Å². The van der Waals surface area contributed by atoms with Crippen molar-refractivity contribution in [1.29, 1.82) is 0 Å². The van der Waals surface area contributed by atoms with Crippen molar-refractivity contribution in [2.24, 2.45) is 0 Å². The lowest BCUT2D eigenvalue weighted by Crippen LogP contribution is -2.20. The number of anilines is 1. The standard InChI is InChI=1S/C17H25N3/c1-12(2)14-15(18)20(16(19-14)17(3,4)5)11-13-9-7-6-8-10-13/h6-10,12H,11,18H2,1-5H3. The molecule has 1 aromatic heterocycles. The lowest BCUT2D eigenvalue weighted by molar-refractivity contribution is 0.512.